The predicted octanol–water partition coefficient (Wildman–Crippen LogP) is 2.25. The second-order valence-corrected chi connectivity index (χ2v) is 5.64. The van der Waals surface area contributed by atoms with Crippen LogP contribution in [0.5, 0.6) is 0 Å². The normalized spacial score (nSPS) is 32.9. The Morgan fingerprint density at radius 1 is 1.18 bits per heavy atom. The van der Waals surface area contributed by atoms with Gasteiger partial charge in [-0.2, -0.15) is 0 Å². The van der Waals surface area contributed by atoms with Crippen LogP contribution in [0.25, 0.3) is 0 Å². The summed E-state index contributed by atoms with van der Waals surface area (Å²) in [6.45, 7) is 3.28. The van der Waals surface area contributed by atoms with E-state index in [9.17, 15) is 0 Å². The minimum absolute atomic E-state index is 0.786. The maximum absolute atomic E-state index is 5.87. The highest BCUT2D eigenvalue weighted by atomic mass is 15.2. The number of nitrogens with two attached hydrogens (primary N) is 1. The smallest absolute Gasteiger partial charge is 0.0236 e. The zero-order valence-corrected chi connectivity index (χ0v) is 10.4. The van der Waals surface area contributed by atoms with Crippen molar-refractivity contribution in [1.29, 1.82) is 0 Å². The molecule has 3 aliphatic rings. The Labute approximate surface area is 104 Å². The number of nitrogens with zero attached hydrogens (tertiary/aromatic N) is 1. The van der Waals surface area contributed by atoms with Gasteiger partial charge in [0.25, 0.3) is 0 Å². The van der Waals surface area contributed by atoms with E-state index in [4.69, 9.17) is 5.73 Å². The molecule has 17 heavy (non-hydrogen) atoms. The Morgan fingerprint density at radius 3 is 2.65 bits per heavy atom. The van der Waals surface area contributed by atoms with Crippen molar-refractivity contribution in [3.63, 3.8) is 0 Å². The molecule has 3 atom stereocenters. The molecule has 0 amide bonds. The molecular weight excluding hydrogens is 208 g/mol. The van der Waals surface area contributed by atoms with Gasteiger partial charge in [-0.25, -0.2) is 0 Å². The van der Waals surface area contributed by atoms with E-state index in [0.717, 1.165) is 31.0 Å². The summed E-state index contributed by atoms with van der Waals surface area (Å²) < 4.78 is 0. The average molecular weight is 230 g/mol. The van der Waals surface area contributed by atoms with Gasteiger partial charge in [-0.1, -0.05) is 30.3 Å². The zero-order valence-electron chi connectivity index (χ0n) is 10.4. The number of hydrogen-bond acceptors (Lipinski definition) is 2. The lowest BCUT2D eigenvalue weighted by Crippen LogP contribution is -2.52. The van der Waals surface area contributed by atoms with Crippen LogP contribution >= 0.6 is 0 Å². The van der Waals surface area contributed by atoms with E-state index in [1.54, 1.807) is 0 Å². The molecule has 2 bridgehead atoms. The first-order chi connectivity index (χ1) is 8.36. The molecule has 1 aromatic carbocycles. The van der Waals surface area contributed by atoms with Gasteiger partial charge < -0.3 is 5.73 Å². The van der Waals surface area contributed by atoms with E-state index < -0.39 is 0 Å². The first-order valence-electron chi connectivity index (χ1n) is 6.85. The second-order valence-electron chi connectivity index (χ2n) is 5.64. The number of benzene rings is 1. The van der Waals surface area contributed by atoms with Crippen molar-refractivity contribution < 1.29 is 0 Å². The third-order valence-electron chi connectivity index (χ3n) is 4.63. The van der Waals surface area contributed by atoms with E-state index in [0.29, 0.717) is 0 Å². The van der Waals surface area contributed by atoms with Gasteiger partial charge in [-0.15, -0.1) is 0 Å². The minimum atomic E-state index is 0.786. The van der Waals surface area contributed by atoms with Crippen molar-refractivity contribution >= 4 is 0 Å². The van der Waals surface area contributed by atoms with Crippen molar-refractivity contribution in [2.75, 3.05) is 13.1 Å². The van der Waals surface area contributed by atoms with Crippen LogP contribution in [0.3, 0.4) is 0 Å². The summed E-state index contributed by atoms with van der Waals surface area (Å²) >= 11 is 0. The Hall–Kier alpha value is -0.860. The molecule has 0 radical (unpaired) electrons. The third kappa shape index (κ3) is 2.24. The Morgan fingerprint density at radius 2 is 2.00 bits per heavy atom. The Bertz CT molecular complexity index is 362. The molecule has 2 heteroatoms. The van der Waals surface area contributed by atoms with Crippen molar-refractivity contribution in [3.8, 4) is 0 Å². The topological polar surface area (TPSA) is 29.3 Å². The standard InChI is InChI=1S/C15H22N2/c16-9-14-8-15-7-6-13(14)11-17(15)10-12-4-2-1-3-5-12/h1-5,13-15H,6-11,16H2. The van der Waals surface area contributed by atoms with Gasteiger partial charge in [0.1, 0.15) is 0 Å². The first kappa shape index (κ1) is 11.2. The third-order valence-corrected chi connectivity index (χ3v) is 4.63. The van der Waals surface area contributed by atoms with Crippen molar-refractivity contribution in [2.45, 2.75) is 31.8 Å². The minimum Gasteiger partial charge on any atom is -0.330 e. The van der Waals surface area contributed by atoms with Gasteiger partial charge in [0.2, 0.25) is 0 Å². The van der Waals surface area contributed by atoms with Gasteiger partial charge in [0, 0.05) is 19.1 Å². The van der Waals surface area contributed by atoms with E-state index in [-0.39, 0.29) is 0 Å². The summed E-state index contributed by atoms with van der Waals surface area (Å²) in [5, 5.41) is 0. The molecular formula is C15H22N2. The lowest BCUT2D eigenvalue weighted by Gasteiger charge is -2.49. The van der Waals surface area contributed by atoms with Gasteiger partial charge in [0.05, 0.1) is 0 Å². The number of fused-ring (bicyclic) bond motifs is 3. The lowest BCUT2D eigenvalue weighted by molar-refractivity contribution is 0.00300. The molecule has 3 fully saturated rings. The van der Waals surface area contributed by atoms with Crippen LogP contribution < -0.4 is 5.73 Å². The van der Waals surface area contributed by atoms with Gasteiger partial charge in [-0.05, 0) is 43.2 Å². The molecule has 0 spiro atoms. The molecule has 1 aromatic rings. The van der Waals surface area contributed by atoms with E-state index >= 15 is 0 Å². The van der Waals surface area contributed by atoms with Crippen LogP contribution in [-0.2, 0) is 6.54 Å². The molecule has 1 aliphatic carbocycles. The highest BCUT2D eigenvalue weighted by molar-refractivity contribution is 5.15. The van der Waals surface area contributed by atoms with Crippen molar-refractivity contribution in [1.82, 2.24) is 4.90 Å². The number of rotatable bonds is 3. The second kappa shape index (κ2) is 4.79. The summed E-state index contributed by atoms with van der Waals surface area (Å²) in [6, 6.07) is 11.6. The van der Waals surface area contributed by atoms with Crippen LogP contribution in [0.4, 0.5) is 0 Å². The summed E-state index contributed by atoms with van der Waals surface area (Å²) in [6.07, 6.45) is 4.11. The maximum atomic E-state index is 5.87. The highest BCUT2D eigenvalue weighted by Gasteiger charge is 2.39. The van der Waals surface area contributed by atoms with Crippen LogP contribution in [0.1, 0.15) is 24.8 Å². The molecule has 3 unspecified atom stereocenters. The van der Waals surface area contributed by atoms with E-state index in [1.165, 1.54) is 31.4 Å². The van der Waals surface area contributed by atoms with Crippen LogP contribution in [-0.4, -0.2) is 24.0 Å². The molecule has 1 saturated carbocycles. The maximum Gasteiger partial charge on any atom is 0.0236 e. The molecule has 2 nitrogen and oxygen atoms in total. The molecule has 2 heterocycles. The van der Waals surface area contributed by atoms with Gasteiger partial charge >= 0.3 is 0 Å². The van der Waals surface area contributed by atoms with Crippen LogP contribution in [0, 0.1) is 11.8 Å². The van der Waals surface area contributed by atoms with Gasteiger partial charge in [0.15, 0.2) is 0 Å². The first-order valence-corrected chi connectivity index (χ1v) is 6.85. The Kier molecular flexibility index (Phi) is 3.17. The molecule has 2 N–H and O–H groups in total. The Balaban J connectivity index is 1.67. The van der Waals surface area contributed by atoms with Gasteiger partial charge in [-0.3, -0.25) is 4.90 Å². The molecule has 0 aromatic heterocycles. The molecule has 2 aliphatic heterocycles. The van der Waals surface area contributed by atoms with Crippen molar-refractivity contribution in [3.05, 3.63) is 35.9 Å². The van der Waals surface area contributed by atoms with E-state index in [2.05, 4.69) is 35.2 Å². The number of piperidine rings is 2. The van der Waals surface area contributed by atoms with Crippen molar-refractivity contribution in [2.24, 2.45) is 17.6 Å². The SMILES string of the molecule is NCC1CC2CCC1CN2Cc1ccccc1. The zero-order chi connectivity index (χ0) is 11.7. The summed E-state index contributed by atoms with van der Waals surface area (Å²) in [5.41, 5.74) is 7.32. The summed E-state index contributed by atoms with van der Waals surface area (Å²) in [5.74, 6) is 1.65. The average Bonchev–Trinajstić information content (AvgIpc) is 2.40. The molecule has 2 saturated heterocycles. The van der Waals surface area contributed by atoms with E-state index in [1.807, 2.05) is 0 Å². The monoisotopic (exact) mass is 230 g/mol. The quantitative estimate of drug-likeness (QED) is 0.863. The summed E-state index contributed by atoms with van der Waals surface area (Å²) in [7, 11) is 0. The molecule has 92 valence electrons. The highest BCUT2D eigenvalue weighted by Crippen LogP contribution is 2.39. The van der Waals surface area contributed by atoms with Crippen LogP contribution in [0.15, 0.2) is 30.3 Å². The fourth-order valence-corrected chi connectivity index (χ4v) is 3.62. The fourth-order valence-electron chi connectivity index (χ4n) is 3.62. The molecule has 4 rings (SSSR count). The fraction of sp³-hybridized carbons (Fsp3) is 0.600. The van der Waals surface area contributed by atoms with Crippen LogP contribution in [0.2, 0.25) is 0 Å². The largest absolute Gasteiger partial charge is 0.330 e. The number of hydrogen-bond donors (Lipinski definition) is 1. The lowest BCUT2D eigenvalue weighted by atomic mass is 9.72. The predicted molar refractivity (Wildman–Crippen MR) is 70.5 cm³/mol. The summed E-state index contributed by atoms with van der Waals surface area (Å²) in [4.78, 5) is 2.68.